The summed E-state index contributed by atoms with van der Waals surface area (Å²) in [6, 6.07) is 0. The van der Waals surface area contributed by atoms with Crippen LogP contribution in [0.5, 0.6) is 0 Å². The van der Waals surface area contributed by atoms with Crippen LogP contribution < -0.4 is 0 Å². The second kappa shape index (κ2) is 6.12. The van der Waals surface area contributed by atoms with Crippen molar-refractivity contribution in [2.45, 2.75) is 45.6 Å². The molecule has 0 aliphatic rings. The van der Waals surface area contributed by atoms with Gasteiger partial charge in [0.25, 0.3) is 0 Å². The Labute approximate surface area is 116 Å². The molecule has 1 aromatic heterocycles. The number of hydrogen-bond donors (Lipinski definition) is 0. The molecule has 5 heteroatoms. The monoisotopic (exact) mass is 320 g/mol. The average molecular weight is 322 g/mol. The summed E-state index contributed by atoms with van der Waals surface area (Å²) in [5.41, 5.74) is 0.483. The zero-order valence-corrected chi connectivity index (χ0v) is 13.0. The number of methoxy groups -OCH3 is 1. The van der Waals surface area contributed by atoms with Crippen LogP contribution in [0.1, 0.15) is 45.1 Å². The average Bonchev–Trinajstić information content (AvgIpc) is 2.36. The lowest BCUT2D eigenvalue weighted by atomic mass is 9.96. The second-order valence-corrected chi connectivity index (χ2v) is 5.01. The summed E-state index contributed by atoms with van der Waals surface area (Å²) in [6.45, 7) is 6.18. The van der Waals surface area contributed by atoms with Crippen molar-refractivity contribution in [1.82, 2.24) is 9.97 Å². The first-order valence-electron chi connectivity index (χ1n) is 5.82. The summed E-state index contributed by atoms with van der Waals surface area (Å²) in [7, 11) is 1.69. The number of halogens is 2. The molecule has 0 saturated heterocycles. The van der Waals surface area contributed by atoms with Gasteiger partial charge in [-0.15, -0.1) is 0 Å². The van der Waals surface area contributed by atoms with Crippen LogP contribution in [0.25, 0.3) is 0 Å². The zero-order valence-electron chi connectivity index (χ0n) is 10.7. The topological polar surface area (TPSA) is 35.0 Å². The summed E-state index contributed by atoms with van der Waals surface area (Å²) in [5.74, 6) is 0.676. The SMILES string of the molecule is CCc1nc(C(CC)(CC)OC)nc(Cl)c1Br. The van der Waals surface area contributed by atoms with Crippen molar-refractivity contribution >= 4 is 27.5 Å². The number of hydrogen-bond acceptors (Lipinski definition) is 3. The fourth-order valence-electron chi connectivity index (χ4n) is 1.85. The first kappa shape index (κ1) is 14.9. The van der Waals surface area contributed by atoms with E-state index in [9.17, 15) is 0 Å². The standard InChI is InChI=1S/C12H18BrClN2O/c1-5-8-9(13)10(14)16-11(15-8)12(6-2,7-3)17-4/h5-7H2,1-4H3. The van der Waals surface area contributed by atoms with Crippen molar-refractivity contribution in [1.29, 1.82) is 0 Å². The van der Waals surface area contributed by atoms with Crippen LogP contribution in [-0.2, 0) is 16.8 Å². The Bertz CT molecular complexity index is 386. The summed E-state index contributed by atoms with van der Waals surface area (Å²) in [5, 5.41) is 0.454. The van der Waals surface area contributed by atoms with Crippen molar-refractivity contribution in [3.8, 4) is 0 Å². The van der Waals surface area contributed by atoms with Crippen LogP contribution in [0.15, 0.2) is 4.47 Å². The maximum absolute atomic E-state index is 6.12. The second-order valence-electron chi connectivity index (χ2n) is 3.86. The molecule has 1 rings (SSSR count). The van der Waals surface area contributed by atoms with Gasteiger partial charge in [0.2, 0.25) is 0 Å². The predicted octanol–water partition coefficient (Wildman–Crippen LogP) is 4.12. The third kappa shape index (κ3) is 2.80. The summed E-state index contributed by atoms with van der Waals surface area (Å²) < 4.78 is 6.40. The maximum Gasteiger partial charge on any atom is 0.162 e. The largest absolute Gasteiger partial charge is 0.370 e. The van der Waals surface area contributed by atoms with Gasteiger partial charge >= 0.3 is 0 Å². The molecule has 1 heterocycles. The fourth-order valence-corrected chi connectivity index (χ4v) is 2.49. The first-order valence-corrected chi connectivity index (χ1v) is 6.99. The zero-order chi connectivity index (χ0) is 13.1. The minimum Gasteiger partial charge on any atom is -0.370 e. The molecule has 3 nitrogen and oxygen atoms in total. The molecule has 0 unspecified atom stereocenters. The van der Waals surface area contributed by atoms with Gasteiger partial charge in [0.05, 0.1) is 10.2 Å². The van der Waals surface area contributed by atoms with Gasteiger partial charge in [-0.05, 0) is 35.2 Å². The molecule has 0 aliphatic heterocycles. The molecule has 0 aliphatic carbocycles. The normalized spacial score (nSPS) is 11.9. The quantitative estimate of drug-likeness (QED) is 0.765. The highest BCUT2D eigenvalue weighted by Gasteiger charge is 2.32. The molecule has 0 spiro atoms. The Balaban J connectivity index is 3.35. The van der Waals surface area contributed by atoms with Gasteiger partial charge in [0, 0.05) is 7.11 Å². The van der Waals surface area contributed by atoms with E-state index in [4.69, 9.17) is 16.3 Å². The summed E-state index contributed by atoms with van der Waals surface area (Å²) in [4.78, 5) is 8.92. The lowest BCUT2D eigenvalue weighted by Crippen LogP contribution is -2.30. The van der Waals surface area contributed by atoms with Gasteiger partial charge in [0.1, 0.15) is 10.8 Å². The molecule has 0 bridgehead atoms. The highest BCUT2D eigenvalue weighted by molar-refractivity contribution is 9.10. The molecular formula is C12H18BrClN2O. The number of nitrogens with zero attached hydrogens (tertiary/aromatic N) is 2. The van der Waals surface area contributed by atoms with Gasteiger partial charge in [-0.3, -0.25) is 0 Å². The van der Waals surface area contributed by atoms with Crippen molar-refractivity contribution in [2.75, 3.05) is 7.11 Å². The van der Waals surface area contributed by atoms with E-state index in [1.165, 1.54) is 0 Å². The molecule has 1 aromatic rings. The van der Waals surface area contributed by atoms with Gasteiger partial charge in [-0.2, -0.15) is 0 Å². The van der Waals surface area contributed by atoms with Gasteiger partial charge in [0.15, 0.2) is 5.82 Å². The van der Waals surface area contributed by atoms with E-state index >= 15 is 0 Å². The predicted molar refractivity (Wildman–Crippen MR) is 73.4 cm³/mol. The van der Waals surface area contributed by atoms with E-state index in [0.717, 1.165) is 29.4 Å². The van der Waals surface area contributed by atoms with Crippen molar-refractivity contribution in [2.24, 2.45) is 0 Å². The Morgan fingerprint density at radius 1 is 1.24 bits per heavy atom. The minimum absolute atomic E-state index is 0.436. The van der Waals surface area contributed by atoms with E-state index in [0.29, 0.717) is 11.0 Å². The van der Waals surface area contributed by atoms with Crippen LogP contribution in [0.3, 0.4) is 0 Å². The van der Waals surface area contributed by atoms with E-state index in [-0.39, 0.29) is 0 Å². The summed E-state index contributed by atoms with van der Waals surface area (Å²) >= 11 is 9.53. The Morgan fingerprint density at radius 3 is 2.24 bits per heavy atom. The van der Waals surface area contributed by atoms with Crippen LogP contribution in [0.2, 0.25) is 5.15 Å². The molecule has 96 valence electrons. The van der Waals surface area contributed by atoms with E-state index in [2.05, 4.69) is 39.7 Å². The van der Waals surface area contributed by atoms with Crippen molar-refractivity contribution in [3.05, 3.63) is 21.1 Å². The molecule has 0 radical (unpaired) electrons. The highest BCUT2D eigenvalue weighted by atomic mass is 79.9. The Kier molecular flexibility index (Phi) is 5.35. The smallest absolute Gasteiger partial charge is 0.162 e. The van der Waals surface area contributed by atoms with E-state index in [1.54, 1.807) is 7.11 Å². The third-order valence-corrected chi connectivity index (χ3v) is 4.49. The molecule has 0 atom stereocenters. The third-order valence-electron chi connectivity index (χ3n) is 3.15. The lowest BCUT2D eigenvalue weighted by Gasteiger charge is -2.29. The van der Waals surface area contributed by atoms with Crippen LogP contribution >= 0.6 is 27.5 Å². The van der Waals surface area contributed by atoms with Gasteiger partial charge < -0.3 is 4.74 Å². The van der Waals surface area contributed by atoms with Gasteiger partial charge in [-0.25, -0.2) is 9.97 Å². The summed E-state index contributed by atoms with van der Waals surface area (Å²) in [6.07, 6.45) is 2.45. The van der Waals surface area contributed by atoms with Crippen LogP contribution in [-0.4, -0.2) is 17.1 Å². The molecule has 0 N–H and O–H groups in total. The molecule has 0 amide bonds. The first-order chi connectivity index (χ1) is 8.04. The number of aryl methyl sites for hydroxylation is 1. The Hall–Kier alpha value is -0.190. The molecular weight excluding hydrogens is 304 g/mol. The van der Waals surface area contributed by atoms with Crippen LogP contribution in [0, 0.1) is 0 Å². The molecule has 0 saturated carbocycles. The lowest BCUT2D eigenvalue weighted by molar-refractivity contribution is -0.0293. The molecule has 0 fully saturated rings. The fraction of sp³-hybridized carbons (Fsp3) is 0.667. The number of aromatic nitrogens is 2. The highest BCUT2D eigenvalue weighted by Crippen LogP contribution is 2.33. The maximum atomic E-state index is 6.12. The minimum atomic E-state index is -0.436. The van der Waals surface area contributed by atoms with Crippen molar-refractivity contribution in [3.63, 3.8) is 0 Å². The molecule has 0 aromatic carbocycles. The number of rotatable bonds is 5. The van der Waals surface area contributed by atoms with Gasteiger partial charge in [-0.1, -0.05) is 32.4 Å². The van der Waals surface area contributed by atoms with Crippen molar-refractivity contribution < 1.29 is 4.74 Å². The van der Waals surface area contributed by atoms with E-state index in [1.807, 2.05) is 6.92 Å². The number of ether oxygens (including phenoxy) is 1. The van der Waals surface area contributed by atoms with E-state index < -0.39 is 5.60 Å². The van der Waals surface area contributed by atoms with Crippen LogP contribution in [0.4, 0.5) is 0 Å². The Morgan fingerprint density at radius 2 is 1.82 bits per heavy atom. The molecule has 17 heavy (non-hydrogen) atoms.